The van der Waals surface area contributed by atoms with Gasteiger partial charge in [-0.1, -0.05) is 35.3 Å². The molecule has 6 nitrogen and oxygen atoms in total. The number of rotatable bonds is 4. The number of ether oxygens (including phenoxy) is 1. The van der Waals surface area contributed by atoms with Crippen molar-refractivity contribution in [3.8, 4) is 11.3 Å². The Bertz CT molecular complexity index is 1020. The zero-order chi connectivity index (χ0) is 20.2. The number of amides is 1. The smallest absolute Gasteiger partial charge is 0.255 e. The minimum absolute atomic E-state index is 0.269. The van der Waals surface area contributed by atoms with Gasteiger partial charge in [-0.3, -0.25) is 4.79 Å². The lowest BCUT2D eigenvalue weighted by Gasteiger charge is -2.27. The summed E-state index contributed by atoms with van der Waals surface area (Å²) in [5.74, 6) is 0.565. The fraction of sp³-hybridized carbons (Fsp3) is 0.190. The van der Waals surface area contributed by atoms with Crippen LogP contribution in [0.15, 0.2) is 54.6 Å². The molecule has 2 aromatic carbocycles. The van der Waals surface area contributed by atoms with Crippen LogP contribution in [0.5, 0.6) is 0 Å². The lowest BCUT2D eigenvalue weighted by molar-refractivity contribution is 0.102. The zero-order valence-corrected chi connectivity index (χ0v) is 17.0. The molecule has 1 N–H and O–H groups in total. The summed E-state index contributed by atoms with van der Waals surface area (Å²) < 4.78 is 5.37. The highest BCUT2D eigenvalue weighted by molar-refractivity contribution is 6.42. The third kappa shape index (κ3) is 4.67. The van der Waals surface area contributed by atoms with E-state index in [9.17, 15) is 4.79 Å². The van der Waals surface area contributed by atoms with Gasteiger partial charge in [-0.15, -0.1) is 10.2 Å². The summed E-state index contributed by atoms with van der Waals surface area (Å²) in [5, 5.41) is 12.3. The third-order valence-corrected chi connectivity index (χ3v) is 5.32. The minimum atomic E-state index is -0.269. The number of benzene rings is 2. The van der Waals surface area contributed by atoms with E-state index in [0.717, 1.165) is 30.2 Å². The zero-order valence-electron chi connectivity index (χ0n) is 15.4. The van der Waals surface area contributed by atoms with Crippen LogP contribution in [0.4, 0.5) is 11.5 Å². The quantitative estimate of drug-likeness (QED) is 0.660. The number of halogens is 2. The molecule has 29 heavy (non-hydrogen) atoms. The van der Waals surface area contributed by atoms with Crippen LogP contribution in [0.2, 0.25) is 10.0 Å². The van der Waals surface area contributed by atoms with E-state index in [4.69, 9.17) is 27.9 Å². The van der Waals surface area contributed by atoms with Crippen molar-refractivity contribution in [3.63, 3.8) is 0 Å². The maximum absolute atomic E-state index is 12.5. The average Bonchev–Trinajstić information content (AvgIpc) is 2.76. The van der Waals surface area contributed by atoms with Gasteiger partial charge in [0, 0.05) is 29.9 Å². The lowest BCUT2D eigenvalue weighted by atomic mass is 10.1. The van der Waals surface area contributed by atoms with Crippen LogP contribution >= 0.6 is 23.2 Å². The van der Waals surface area contributed by atoms with Crippen molar-refractivity contribution < 1.29 is 9.53 Å². The summed E-state index contributed by atoms with van der Waals surface area (Å²) in [7, 11) is 0. The number of aromatic nitrogens is 2. The topological polar surface area (TPSA) is 67.4 Å². The summed E-state index contributed by atoms with van der Waals surface area (Å²) in [6, 6.07) is 16.1. The van der Waals surface area contributed by atoms with Crippen molar-refractivity contribution in [1.29, 1.82) is 0 Å². The number of hydrogen-bond donors (Lipinski definition) is 1. The second-order valence-electron chi connectivity index (χ2n) is 6.54. The molecule has 0 bridgehead atoms. The maximum Gasteiger partial charge on any atom is 0.255 e. The molecular weight excluding hydrogens is 411 g/mol. The Kier molecular flexibility index (Phi) is 5.94. The van der Waals surface area contributed by atoms with Crippen molar-refractivity contribution >= 4 is 40.6 Å². The first-order chi connectivity index (χ1) is 14.1. The summed E-state index contributed by atoms with van der Waals surface area (Å²) in [5.41, 5.74) is 2.67. The Morgan fingerprint density at radius 2 is 1.79 bits per heavy atom. The fourth-order valence-electron chi connectivity index (χ4n) is 3.04. The van der Waals surface area contributed by atoms with Gasteiger partial charge in [-0.2, -0.15) is 0 Å². The molecule has 0 saturated carbocycles. The molecule has 0 atom stereocenters. The van der Waals surface area contributed by atoms with Gasteiger partial charge in [0.2, 0.25) is 0 Å². The Labute approximate surface area is 178 Å². The third-order valence-electron chi connectivity index (χ3n) is 4.58. The monoisotopic (exact) mass is 428 g/mol. The molecule has 1 aromatic heterocycles. The van der Waals surface area contributed by atoms with Gasteiger partial charge in [0.05, 0.1) is 29.0 Å². The molecule has 1 aliphatic heterocycles. The van der Waals surface area contributed by atoms with Gasteiger partial charge >= 0.3 is 0 Å². The van der Waals surface area contributed by atoms with E-state index in [2.05, 4.69) is 20.4 Å². The summed E-state index contributed by atoms with van der Waals surface area (Å²) >= 11 is 11.9. The Morgan fingerprint density at radius 3 is 2.52 bits per heavy atom. The number of hydrogen-bond acceptors (Lipinski definition) is 5. The molecule has 1 saturated heterocycles. The molecule has 3 aromatic rings. The number of nitrogens with one attached hydrogen (secondary N) is 1. The average molecular weight is 429 g/mol. The molecule has 1 fully saturated rings. The highest BCUT2D eigenvalue weighted by Gasteiger charge is 2.13. The van der Waals surface area contributed by atoms with Crippen molar-refractivity contribution in [2.45, 2.75) is 0 Å². The molecule has 0 unspecified atom stereocenters. The van der Waals surface area contributed by atoms with E-state index in [0.29, 0.717) is 34.5 Å². The molecule has 0 radical (unpaired) electrons. The van der Waals surface area contributed by atoms with Crippen molar-refractivity contribution in [2.75, 3.05) is 36.5 Å². The van der Waals surface area contributed by atoms with Gasteiger partial charge in [-0.05, 0) is 42.5 Å². The predicted molar refractivity (Wildman–Crippen MR) is 115 cm³/mol. The second-order valence-corrected chi connectivity index (χ2v) is 7.35. The maximum atomic E-state index is 12.5. The molecule has 1 aliphatic rings. The van der Waals surface area contributed by atoms with Crippen molar-refractivity contribution in [1.82, 2.24) is 10.2 Å². The van der Waals surface area contributed by atoms with Gasteiger partial charge in [0.15, 0.2) is 5.82 Å². The first kappa shape index (κ1) is 19.6. The van der Waals surface area contributed by atoms with Crippen molar-refractivity contribution in [2.24, 2.45) is 0 Å². The summed E-state index contributed by atoms with van der Waals surface area (Å²) in [6.07, 6.45) is 0. The fourth-order valence-corrected chi connectivity index (χ4v) is 3.34. The van der Waals surface area contributed by atoms with Crippen LogP contribution in [0.25, 0.3) is 11.3 Å². The second kappa shape index (κ2) is 8.78. The molecule has 0 spiro atoms. The van der Waals surface area contributed by atoms with E-state index < -0.39 is 0 Å². The molecule has 148 valence electrons. The van der Waals surface area contributed by atoms with Crippen molar-refractivity contribution in [3.05, 3.63) is 70.2 Å². The SMILES string of the molecule is O=C(Nc1cccc(-c2ccc(N3CCOCC3)nn2)c1)c1ccc(Cl)c(Cl)c1. The molecule has 2 heterocycles. The van der Waals surface area contributed by atoms with E-state index in [1.54, 1.807) is 18.2 Å². The molecule has 0 aliphatic carbocycles. The number of morpholine rings is 1. The Morgan fingerprint density at radius 1 is 0.966 bits per heavy atom. The van der Waals surface area contributed by atoms with Crippen LogP contribution in [0.1, 0.15) is 10.4 Å². The van der Waals surface area contributed by atoms with Gasteiger partial charge in [0.25, 0.3) is 5.91 Å². The highest BCUT2D eigenvalue weighted by Crippen LogP contribution is 2.25. The first-order valence-corrected chi connectivity index (χ1v) is 9.89. The van der Waals surface area contributed by atoms with Gasteiger partial charge in [-0.25, -0.2) is 0 Å². The molecule has 8 heteroatoms. The normalized spacial score (nSPS) is 13.9. The van der Waals surface area contributed by atoms with Crippen LogP contribution in [-0.2, 0) is 4.74 Å². The Hall–Kier alpha value is -2.67. The van der Waals surface area contributed by atoms with Crippen LogP contribution in [0, 0.1) is 0 Å². The Balaban J connectivity index is 1.49. The van der Waals surface area contributed by atoms with Crippen LogP contribution in [0.3, 0.4) is 0 Å². The van der Waals surface area contributed by atoms with Gasteiger partial charge < -0.3 is 15.0 Å². The predicted octanol–water partition coefficient (Wildman–Crippen LogP) is 4.54. The molecule has 1 amide bonds. The summed E-state index contributed by atoms with van der Waals surface area (Å²) in [6.45, 7) is 3.02. The number of carbonyl (C=O) groups excluding carboxylic acids is 1. The summed E-state index contributed by atoms with van der Waals surface area (Å²) in [4.78, 5) is 14.6. The van der Waals surface area contributed by atoms with E-state index >= 15 is 0 Å². The van der Waals surface area contributed by atoms with E-state index in [-0.39, 0.29) is 5.91 Å². The van der Waals surface area contributed by atoms with Crippen LogP contribution < -0.4 is 10.2 Å². The van der Waals surface area contributed by atoms with E-state index in [1.165, 1.54) is 0 Å². The standard InChI is InChI=1S/C21H18Cl2N4O2/c22-17-5-4-15(13-18(17)23)21(28)24-16-3-1-2-14(12-16)19-6-7-20(26-25-19)27-8-10-29-11-9-27/h1-7,12-13H,8-11H2,(H,24,28). The van der Waals surface area contributed by atoms with Gasteiger partial charge in [0.1, 0.15) is 0 Å². The number of nitrogens with zero attached hydrogens (tertiary/aromatic N) is 3. The van der Waals surface area contributed by atoms with Crippen LogP contribution in [-0.4, -0.2) is 42.4 Å². The van der Waals surface area contributed by atoms with E-state index in [1.807, 2.05) is 36.4 Å². The number of anilines is 2. The number of carbonyl (C=O) groups is 1. The highest BCUT2D eigenvalue weighted by atomic mass is 35.5. The molecule has 4 rings (SSSR count). The largest absolute Gasteiger partial charge is 0.378 e. The molecular formula is C21H18Cl2N4O2. The minimum Gasteiger partial charge on any atom is -0.378 e. The first-order valence-electron chi connectivity index (χ1n) is 9.13. The lowest BCUT2D eigenvalue weighted by Crippen LogP contribution is -2.36.